The Balaban J connectivity index is 1.44. The number of carbonyl (C=O) groups excluding carboxylic acids is 1. The van der Waals surface area contributed by atoms with Crippen LogP contribution in [-0.4, -0.2) is 31.4 Å². The Kier molecular flexibility index (Phi) is 7.18. The molecule has 1 amide bonds. The van der Waals surface area contributed by atoms with E-state index in [-0.39, 0.29) is 11.9 Å². The van der Waals surface area contributed by atoms with Crippen LogP contribution in [0.4, 0.5) is 11.1 Å². The predicted molar refractivity (Wildman–Crippen MR) is 131 cm³/mol. The smallest absolute Gasteiger partial charge is 0.249 e. The van der Waals surface area contributed by atoms with Gasteiger partial charge in [0, 0.05) is 16.7 Å². The zero-order valence-corrected chi connectivity index (χ0v) is 19.3. The van der Waals surface area contributed by atoms with Gasteiger partial charge < -0.3 is 11.1 Å². The summed E-state index contributed by atoms with van der Waals surface area (Å²) in [5, 5.41) is 14.3. The molecule has 0 fully saturated rings. The highest BCUT2D eigenvalue weighted by Gasteiger charge is 2.25. The molecule has 32 heavy (non-hydrogen) atoms. The first kappa shape index (κ1) is 22.0. The second-order valence-electron chi connectivity index (χ2n) is 7.11. The van der Waals surface area contributed by atoms with E-state index in [1.165, 1.54) is 16.9 Å². The summed E-state index contributed by atoms with van der Waals surface area (Å²) < 4.78 is 1.72. The van der Waals surface area contributed by atoms with E-state index in [1.807, 2.05) is 60.8 Å². The molecule has 1 unspecified atom stereocenters. The standard InChI is InChI=1S/C23H24N6OS2/c1-2-19(20(30)26-22-25-18(15-32-22)17-11-7-4-8-12-17)29-21(24)27-28-23(29)31-14-13-16-9-5-3-6-10-16/h3-12,15,19H,2,13-14H2,1H3,(H2,24,27)(H,25,26,30). The number of aromatic nitrogens is 4. The zero-order chi connectivity index (χ0) is 22.3. The lowest BCUT2D eigenvalue weighted by molar-refractivity contribution is -0.119. The average Bonchev–Trinajstić information content (AvgIpc) is 3.43. The van der Waals surface area contributed by atoms with Gasteiger partial charge in [-0.15, -0.1) is 21.5 Å². The molecule has 0 aliphatic heterocycles. The van der Waals surface area contributed by atoms with Crippen LogP contribution < -0.4 is 11.1 Å². The minimum atomic E-state index is -0.520. The van der Waals surface area contributed by atoms with Gasteiger partial charge in [0.15, 0.2) is 10.3 Å². The molecule has 1 atom stereocenters. The summed E-state index contributed by atoms with van der Waals surface area (Å²) in [6.07, 6.45) is 1.44. The van der Waals surface area contributed by atoms with Gasteiger partial charge in [0.1, 0.15) is 6.04 Å². The van der Waals surface area contributed by atoms with Gasteiger partial charge in [0.2, 0.25) is 11.9 Å². The third kappa shape index (κ3) is 5.17. The Morgan fingerprint density at radius 2 is 1.84 bits per heavy atom. The number of nitrogens with zero attached hydrogens (tertiary/aromatic N) is 4. The highest BCUT2D eigenvalue weighted by Crippen LogP contribution is 2.29. The largest absolute Gasteiger partial charge is 0.368 e. The number of nitrogens with two attached hydrogens (primary N) is 1. The van der Waals surface area contributed by atoms with Gasteiger partial charge in [-0.3, -0.25) is 9.36 Å². The van der Waals surface area contributed by atoms with Crippen molar-refractivity contribution in [1.82, 2.24) is 19.7 Å². The number of thioether (sulfide) groups is 1. The monoisotopic (exact) mass is 464 g/mol. The minimum Gasteiger partial charge on any atom is -0.368 e. The Bertz CT molecular complexity index is 1160. The van der Waals surface area contributed by atoms with E-state index >= 15 is 0 Å². The van der Waals surface area contributed by atoms with E-state index in [9.17, 15) is 4.79 Å². The summed E-state index contributed by atoms with van der Waals surface area (Å²) in [6, 6.07) is 19.6. The fourth-order valence-electron chi connectivity index (χ4n) is 3.33. The third-order valence-corrected chi connectivity index (χ3v) is 6.66. The van der Waals surface area contributed by atoms with Gasteiger partial charge >= 0.3 is 0 Å². The van der Waals surface area contributed by atoms with Crippen LogP contribution in [0.3, 0.4) is 0 Å². The van der Waals surface area contributed by atoms with Gasteiger partial charge in [-0.1, -0.05) is 79.3 Å². The molecule has 7 nitrogen and oxygen atoms in total. The van der Waals surface area contributed by atoms with Crippen molar-refractivity contribution in [2.24, 2.45) is 0 Å². The lowest BCUT2D eigenvalue weighted by atomic mass is 10.2. The van der Waals surface area contributed by atoms with Crippen LogP contribution in [0.15, 0.2) is 71.2 Å². The van der Waals surface area contributed by atoms with Gasteiger partial charge in [0.25, 0.3) is 0 Å². The molecular formula is C23H24N6OS2. The number of nitrogen functional groups attached to an aromatic ring is 1. The average molecular weight is 465 g/mol. The third-order valence-electron chi connectivity index (χ3n) is 4.96. The van der Waals surface area contributed by atoms with Crippen molar-refractivity contribution in [3.8, 4) is 11.3 Å². The van der Waals surface area contributed by atoms with Crippen molar-refractivity contribution >= 4 is 40.1 Å². The van der Waals surface area contributed by atoms with E-state index in [0.717, 1.165) is 23.4 Å². The van der Waals surface area contributed by atoms with Crippen molar-refractivity contribution in [2.75, 3.05) is 16.8 Å². The summed E-state index contributed by atoms with van der Waals surface area (Å²) in [5.41, 5.74) is 9.19. The van der Waals surface area contributed by atoms with Gasteiger partial charge in [-0.2, -0.15) is 0 Å². The van der Waals surface area contributed by atoms with E-state index in [4.69, 9.17) is 5.73 Å². The Labute approximate surface area is 195 Å². The quantitative estimate of drug-likeness (QED) is 0.342. The molecule has 164 valence electrons. The maximum Gasteiger partial charge on any atom is 0.249 e. The number of benzene rings is 2. The molecule has 9 heteroatoms. The molecule has 0 bridgehead atoms. The number of thiazole rings is 1. The van der Waals surface area contributed by atoms with Gasteiger partial charge in [-0.05, 0) is 18.4 Å². The highest BCUT2D eigenvalue weighted by molar-refractivity contribution is 7.99. The molecule has 2 heterocycles. The van der Waals surface area contributed by atoms with Crippen molar-refractivity contribution in [2.45, 2.75) is 31.0 Å². The number of rotatable bonds is 9. The summed E-state index contributed by atoms with van der Waals surface area (Å²) >= 11 is 2.95. The van der Waals surface area contributed by atoms with Crippen molar-refractivity contribution in [1.29, 1.82) is 0 Å². The summed E-state index contributed by atoms with van der Waals surface area (Å²) in [7, 11) is 0. The summed E-state index contributed by atoms with van der Waals surface area (Å²) in [5.74, 6) is 0.865. The van der Waals surface area contributed by atoms with E-state index in [0.29, 0.717) is 16.7 Å². The first-order valence-corrected chi connectivity index (χ1v) is 12.2. The maximum atomic E-state index is 13.1. The van der Waals surface area contributed by atoms with Gasteiger partial charge in [-0.25, -0.2) is 4.98 Å². The van der Waals surface area contributed by atoms with Gasteiger partial charge in [0.05, 0.1) is 5.69 Å². The van der Waals surface area contributed by atoms with Crippen LogP contribution in [-0.2, 0) is 11.2 Å². The first-order chi connectivity index (χ1) is 15.7. The fraction of sp³-hybridized carbons (Fsp3) is 0.217. The van der Waals surface area contributed by atoms with Crippen molar-refractivity contribution in [3.05, 3.63) is 71.6 Å². The summed E-state index contributed by atoms with van der Waals surface area (Å²) in [4.78, 5) is 17.7. The first-order valence-electron chi connectivity index (χ1n) is 10.3. The SMILES string of the molecule is CCC(C(=O)Nc1nc(-c2ccccc2)cs1)n1c(N)nnc1SCCc1ccccc1. The maximum absolute atomic E-state index is 13.1. The molecule has 2 aromatic carbocycles. The van der Waals surface area contributed by atoms with Crippen LogP contribution in [0.25, 0.3) is 11.3 Å². The molecule has 0 spiro atoms. The Morgan fingerprint density at radius 3 is 2.56 bits per heavy atom. The lowest BCUT2D eigenvalue weighted by Crippen LogP contribution is -2.27. The predicted octanol–water partition coefficient (Wildman–Crippen LogP) is 4.91. The number of hydrogen-bond donors (Lipinski definition) is 2. The normalized spacial score (nSPS) is 11.9. The van der Waals surface area contributed by atoms with Crippen LogP contribution in [0.5, 0.6) is 0 Å². The van der Waals surface area contributed by atoms with Crippen LogP contribution >= 0.6 is 23.1 Å². The van der Waals surface area contributed by atoms with Crippen LogP contribution in [0.1, 0.15) is 24.9 Å². The topological polar surface area (TPSA) is 98.7 Å². The second kappa shape index (κ2) is 10.4. The molecule has 0 radical (unpaired) electrons. The zero-order valence-electron chi connectivity index (χ0n) is 17.6. The van der Waals surface area contributed by atoms with Crippen molar-refractivity contribution < 1.29 is 4.79 Å². The Hall–Kier alpha value is -3.17. The number of anilines is 2. The van der Waals surface area contributed by atoms with Crippen molar-refractivity contribution in [3.63, 3.8) is 0 Å². The number of amides is 1. The van der Waals surface area contributed by atoms with E-state index in [2.05, 4.69) is 32.6 Å². The molecular weight excluding hydrogens is 440 g/mol. The second-order valence-corrected chi connectivity index (χ2v) is 9.03. The molecule has 0 aliphatic rings. The molecule has 4 rings (SSSR count). The fourth-order valence-corrected chi connectivity index (χ4v) is 5.03. The Morgan fingerprint density at radius 1 is 1.12 bits per heavy atom. The molecule has 4 aromatic rings. The molecule has 0 saturated heterocycles. The van der Waals surface area contributed by atoms with Crippen LogP contribution in [0.2, 0.25) is 0 Å². The molecule has 0 aliphatic carbocycles. The number of aryl methyl sites for hydroxylation is 1. The highest BCUT2D eigenvalue weighted by atomic mass is 32.2. The van der Waals surface area contributed by atoms with E-state index < -0.39 is 6.04 Å². The number of carbonyl (C=O) groups is 1. The van der Waals surface area contributed by atoms with E-state index in [1.54, 1.807) is 16.3 Å². The number of nitrogens with one attached hydrogen (secondary N) is 1. The molecule has 3 N–H and O–H groups in total. The summed E-state index contributed by atoms with van der Waals surface area (Å²) in [6.45, 7) is 1.94. The van der Waals surface area contributed by atoms with Crippen LogP contribution in [0, 0.1) is 0 Å². The molecule has 2 aromatic heterocycles. The number of hydrogen-bond acceptors (Lipinski definition) is 7. The minimum absolute atomic E-state index is 0.183. The molecule has 0 saturated carbocycles. The lowest BCUT2D eigenvalue weighted by Gasteiger charge is -2.18.